The van der Waals surface area contributed by atoms with E-state index in [0.29, 0.717) is 19.6 Å². The van der Waals surface area contributed by atoms with E-state index < -0.39 is 5.60 Å². The quantitative estimate of drug-likeness (QED) is 0.818. The number of carbonyl (C=O) groups excluding carboxylic acids is 2. The van der Waals surface area contributed by atoms with Gasteiger partial charge in [0.2, 0.25) is 0 Å². The zero-order valence-electron chi connectivity index (χ0n) is 16.4. The molecule has 0 saturated carbocycles. The van der Waals surface area contributed by atoms with Crippen LogP contribution in [0.25, 0.3) is 0 Å². The third kappa shape index (κ3) is 5.64. The fourth-order valence-electron chi connectivity index (χ4n) is 2.90. The van der Waals surface area contributed by atoms with Crippen LogP contribution in [0.5, 0.6) is 0 Å². The summed E-state index contributed by atoms with van der Waals surface area (Å²) in [6.07, 6.45) is -0.670. The summed E-state index contributed by atoms with van der Waals surface area (Å²) in [5.74, 6) is 0.199. The van der Waals surface area contributed by atoms with E-state index in [2.05, 4.69) is 0 Å². The highest BCUT2D eigenvalue weighted by Gasteiger charge is 2.36. The van der Waals surface area contributed by atoms with Crippen LogP contribution in [0, 0.1) is 5.92 Å². The molecule has 6 heteroatoms. The number of benzene rings is 1. The van der Waals surface area contributed by atoms with Crippen LogP contribution < -0.4 is 0 Å². The Bertz CT molecular complexity index is 610. The molecule has 0 bridgehead atoms. The molecule has 1 atom stereocenters. The summed E-state index contributed by atoms with van der Waals surface area (Å²) in [6.45, 7) is 11.2. The van der Waals surface area contributed by atoms with Crippen LogP contribution in [0.2, 0.25) is 0 Å². The van der Waals surface area contributed by atoms with Gasteiger partial charge >= 0.3 is 12.2 Å². The van der Waals surface area contributed by atoms with Crippen molar-refractivity contribution in [3.8, 4) is 0 Å². The van der Waals surface area contributed by atoms with Gasteiger partial charge in [-0.2, -0.15) is 0 Å². The Morgan fingerprint density at radius 1 is 1.12 bits per heavy atom. The molecule has 0 unspecified atom stereocenters. The van der Waals surface area contributed by atoms with E-state index in [1.807, 2.05) is 65.0 Å². The second-order valence-electron chi connectivity index (χ2n) is 7.97. The topological polar surface area (TPSA) is 59.1 Å². The third-order valence-electron chi connectivity index (χ3n) is 4.28. The molecule has 1 aliphatic heterocycles. The van der Waals surface area contributed by atoms with E-state index in [1.54, 1.807) is 9.80 Å². The van der Waals surface area contributed by atoms with Crippen molar-refractivity contribution in [2.45, 2.75) is 52.9 Å². The molecule has 0 aliphatic carbocycles. The third-order valence-corrected chi connectivity index (χ3v) is 4.28. The second kappa shape index (κ2) is 8.43. The SMILES string of the molecule is CC(C)[C@@H]1CN(C(=O)OC(C)(C)C)CCN1C(=O)OCc1ccccc1. The molecule has 0 N–H and O–H groups in total. The largest absolute Gasteiger partial charge is 0.445 e. The van der Waals surface area contributed by atoms with Crippen LogP contribution >= 0.6 is 0 Å². The summed E-state index contributed by atoms with van der Waals surface area (Å²) in [5, 5.41) is 0. The normalized spacial score (nSPS) is 18.0. The minimum atomic E-state index is -0.532. The monoisotopic (exact) mass is 362 g/mol. The standard InChI is InChI=1S/C20H30N2O4/c1-15(2)17-13-21(18(23)26-20(3,4)5)11-12-22(17)19(24)25-14-16-9-7-6-8-10-16/h6-10,15,17H,11-14H2,1-5H3/t17-/m0/s1. The number of ether oxygens (including phenoxy) is 2. The summed E-state index contributed by atoms with van der Waals surface area (Å²) in [4.78, 5) is 28.3. The van der Waals surface area contributed by atoms with Crippen molar-refractivity contribution in [2.24, 2.45) is 5.92 Å². The van der Waals surface area contributed by atoms with E-state index in [9.17, 15) is 9.59 Å². The zero-order valence-corrected chi connectivity index (χ0v) is 16.4. The predicted octanol–water partition coefficient (Wildman–Crippen LogP) is 3.90. The number of nitrogens with zero attached hydrogens (tertiary/aromatic N) is 2. The van der Waals surface area contributed by atoms with Crippen LogP contribution in [-0.4, -0.2) is 53.3 Å². The smallest absolute Gasteiger partial charge is 0.410 e. The number of carbonyl (C=O) groups is 2. The van der Waals surface area contributed by atoms with E-state index in [1.165, 1.54) is 0 Å². The van der Waals surface area contributed by atoms with Gasteiger partial charge in [-0.1, -0.05) is 44.2 Å². The average molecular weight is 362 g/mol. The molecule has 1 aliphatic rings. The first kappa shape index (κ1) is 20.1. The number of amides is 2. The number of piperazine rings is 1. The second-order valence-corrected chi connectivity index (χ2v) is 7.97. The van der Waals surface area contributed by atoms with Crippen molar-refractivity contribution >= 4 is 12.2 Å². The fourth-order valence-corrected chi connectivity index (χ4v) is 2.90. The van der Waals surface area contributed by atoms with Crippen molar-refractivity contribution in [1.82, 2.24) is 9.80 Å². The molecule has 2 amide bonds. The number of rotatable bonds is 3. The lowest BCUT2D eigenvalue weighted by atomic mass is 10.0. The summed E-state index contributed by atoms with van der Waals surface area (Å²) in [5.41, 5.74) is 0.422. The van der Waals surface area contributed by atoms with Crippen LogP contribution in [0.15, 0.2) is 30.3 Å². The van der Waals surface area contributed by atoms with Gasteiger partial charge in [0.25, 0.3) is 0 Å². The molecular formula is C20H30N2O4. The minimum absolute atomic E-state index is 0.0976. The average Bonchev–Trinajstić information content (AvgIpc) is 2.58. The molecule has 26 heavy (non-hydrogen) atoms. The van der Waals surface area contributed by atoms with Gasteiger partial charge in [0.15, 0.2) is 0 Å². The van der Waals surface area contributed by atoms with Crippen molar-refractivity contribution < 1.29 is 19.1 Å². The van der Waals surface area contributed by atoms with Crippen molar-refractivity contribution in [3.05, 3.63) is 35.9 Å². The summed E-state index contributed by atoms with van der Waals surface area (Å²) in [7, 11) is 0. The maximum Gasteiger partial charge on any atom is 0.410 e. The van der Waals surface area contributed by atoms with Gasteiger partial charge < -0.3 is 19.3 Å². The van der Waals surface area contributed by atoms with Crippen molar-refractivity contribution in [1.29, 1.82) is 0 Å². The van der Waals surface area contributed by atoms with E-state index in [0.717, 1.165) is 5.56 Å². The van der Waals surface area contributed by atoms with Crippen molar-refractivity contribution in [3.63, 3.8) is 0 Å². The van der Waals surface area contributed by atoms with Gasteiger partial charge in [0.1, 0.15) is 12.2 Å². The van der Waals surface area contributed by atoms with Crippen LogP contribution in [0.3, 0.4) is 0 Å². The first-order valence-electron chi connectivity index (χ1n) is 9.12. The lowest BCUT2D eigenvalue weighted by molar-refractivity contribution is -0.00500. The van der Waals surface area contributed by atoms with Crippen molar-refractivity contribution in [2.75, 3.05) is 19.6 Å². The van der Waals surface area contributed by atoms with Gasteiger partial charge in [0, 0.05) is 19.6 Å². The Labute approximate surface area is 156 Å². The van der Waals surface area contributed by atoms with Gasteiger partial charge in [-0.3, -0.25) is 0 Å². The molecule has 2 rings (SSSR count). The minimum Gasteiger partial charge on any atom is -0.445 e. The van der Waals surface area contributed by atoms with Gasteiger partial charge in [-0.15, -0.1) is 0 Å². The molecule has 0 aromatic heterocycles. The van der Waals surface area contributed by atoms with E-state index in [-0.39, 0.29) is 30.8 Å². The Kier molecular flexibility index (Phi) is 6.51. The van der Waals surface area contributed by atoms with Gasteiger partial charge in [-0.25, -0.2) is 9.59 Å². The maximum atomic E-state index is 12.6. The molecule has 1 saturated heterocycles. The summed E-state index contributed by atoms with van der Waals surface area (Å²) in [6, 6.07) is 9.51. The van der Waals surface area contributed by atoms with Gasteiger partial charge in [-0.05, 0) is 32.3 Å². The van der Waals surface area contributed by atoms with E-state index in [4.69, 9.17) is 9.47 Å². The molecule has 1 aromatic carbocycles. The van der Waals surface area contributed by atoms with E-state index >= 15 is 0 Å². The lowest BCUT2D eigenvalue weighted by Crippen LogP contribution is -2.58. The van der Waals surface area contributed by atoms with Crippen LogP contribution in [0.4, 0.5) is 9.59 Å². The first-order chi connectivity index (χ1) is 12.2. The highest BCUT2D eigenvalue weighted by Crippen LogP contribution is 2.21. The zero-order chi connectivity index (χ0) is 19.3. The molecule has 144 valence electrons. The summed E-state index contributed by atoms with van der Waals surface area (Å²) >= 11 is 0. The predicted molar refractivity (Wildman–Crippen MR) is 99.8 cm³/mol. The Hall–Kier alpha value is -2.24. The molecule has 0 radical (unpaired) electrons. The van der Waals surface area contributed by atoms with Crippen LogP contribution in [-0.2, 0) is 16.1 Å². The Balaban J connectivity index is 1.97. The molecule has 1 aromatic rings. The molecule has 6 nitrogen and oxygen atoms in total. The highest BCUT2D eigenvalue weighted by molar-refractivity contribution is 5.71. The fraction of sp³-hybridized carbons (Fsp3) is 0.600. The Morgan fingerprint density at radius 3 is 2.35 bits per heavy atom. The highest BCUT2D eigenvalue weighted by atomic mass is 16.6. The van der Waals surface area contributed by atoms with Crippen LogP contribution in [0.1, 0.15) is 40.2 Å². The molecule has 1 heterocycles. The van der Waals surface area contributed by atoms with Gasteiger partial charge in [0.05, 0.1) is 6.04 Å². The molecule has 1 fully saturated rings. The maximum absolute atomic E-state index is 12.6. The number of hydrogen-bond donors (Lipinski definition) is 0. The lowest BCUT2D eigenvalue weighted by Gasteiger charge is -2.42. The first-order valence-corrected chi connectivity index (χ1v) is 9.12. The number of hydrogen-bond acceptors (Lipinski definition) is 4. The molecular weight excluding hydrogens is 332 g/mol. The molecule has 0 spiro atoms. The summed E-state index contributed by atoms with van der Waals surface area (Å²) < 4.78 is 10.9. The Morgan fingerprint density at radius 2 is 1.77 bits per heavy atom.